The summed E-state index contributed by atoms with van der Waals surface area (Å²) in [4.78, 5) is 11.6. The number of hydrogen-bond donors (Lipinski definition) is 0. The van der Waals surface area contributed by atoms with E-state index in [0.29, 0.717) is 12.4 Å². The summed E-state index contributed by atoms with van der Waals surface area (Å²) in [6.07, 6.45) is 14.1. The quantitative estimate of drug-likeness (QED) is 0.253. The average Bonchev–Trinajstić information content (AvgIpc) is 2.67. The Bertz CT molecular complexity index is 559. The van der Waals surface area contributed by atoms with Gasteiger partial charge in [-0.3, -0.25) is 0 Å². The van der Waals surface area contributed by atoms with Crippen molar-refractivity contribution in [3.63, 3.8) is 0 Å². The fourth-order valence-electron chi connectivity index (χ4n) is 3.44. The molecule has 3 nitrogen and oxygen atoms in total. The molecule has 0 fully saturated rings. The Morgan fingerprint density at radius 2 is 1.81 bits per heavy atom. The molecule has 0 saturated heterocycles. The highest BCUT2D eigenvalue weighted by Crippen LogP contribution is 2.33. The first-order valence-corrected chi connectivity index (χ1v) is 10.4. The van der Waals surface area contributed by atoms with Crippen molar-refractivity contribution >= 4 is 11.7 Å². The molecule has 0 heterocycles. The van der Waals surface area contributed by atoms with Crippen LogP contribution < -0.4 is 4.74 Å². The second kappa shape index (κ2) is 11.8. The van der Waals surface area contributed by atoms with Gasteiger partial charge in [0.1, 0.15) is 5.75 Å². The smallest absolute Gasteiger partial charge is 0.434 e. The molecule has 1 atom stereocenters. The van der Waals surface area contributed by atoms with Crippen molar-refractivity contribution in [2.24, 2.45) is 5.92 Å². The highest BCUT2D eigenvalue weighted by atomic mass is 16.7. The second-order valence-electron chi connectivity index (χ2n) is 7.30. The van der Waals surface area contributed by atoms with Gasteiger partial charge in [-0.15, -0.1) is 0 Å². The standard InChI is InChI=1S/C23H34O3/c1-3-5-7-8-9-19-10-12-20(13-11-19)21-14-16-22(17-15-21)26-23(24)25-18-6-4-2/h12,14-17,19H,3-11,13,18H2,1-2H3. The lowest BCUT2D eigenvalue weighted by molar-refractivity contribution is 0.0978. The monoisotopic (exact) mass is 358 g/mol. The van der Waals surface area contributed by atoms with Gasteiger partial charge in [0, 0.05) is 0 Å². The van der Waals surface area contributed by atoms with Crippen LogP contribution in [0.15, 0.2) is 30.3 Å². The van der Waals surface area contributed by atoms with Crippen molar-refractivity contribution < 1.29 is 14.3 Å². The molecular weight excluding hydrogens is 324 g/mol. The average molecular weight is 359 g/mol. The van der Waals surface area contributed by atoms with Crippen LogP contribution in [-0.4, -0.2) is 12.8 Å². The van der Waals surface area contributed by atoms with E-state index in [9.17, 15) is 4.79 Å². The fourth-order valence-corrected chi connectivity index (χ4v) is 3.44. The maximum absolute atomic E-state index is 11.6. The molecule has 1 aliphatic carbocycles. The van der Waals surface area contributed by atoms with E-state index >= 15 is 0 Å². The normalized spacial score (nSPS) is 16.8. The number of ether oxygens (including phenoxy) is 2. The summed E-state index contributed by atoms with van der Waals surface area (Å²) in [6, 6.07) is 7.80. The Kier molecular flexibility index (Phi) is 9.30. The minimum atomic E-state index is -0.617. The summed E-state index contributed by atoms with van der Waals surface area (Å²) in [5.41, 5.74) is 2.66. The summed E-state index contributed by atoms with van der Waals surface area (Å²) in [5, 5.41) is 0. The van der Waals surface area contributed by atoms with E-state index in [4.69, 9.17) is 9.47 Å². The summed E-state index contributed by atoms with van der Waals surface area (Å²) in [6.45, 7) is 4.74. The molecule has 1 aromatic rings. The molecule has 26 heavy (non-hydrogen) atoms. The number of carbonyl (C=O) groups excluding carboxylic acids is 1. The van der Waals surface area contributed by atoms with E-state index in [1.165, 1.54) is 56.1 Å². The van der Waals surface area contributed by atoms with Gasteiger partial charge < -0.3 is 9.47 Å². The van der Waals surface area contributed by atoms with Gasteiger partial charge in [0.05, 0.1) is 6.61 Å². The van der Waals surface area contributed by atoms with E-state index in [0.717, 1.165) is 25.2 Å². The lowest BCUT2D eigenvalue weighted by Gasteiger charge is -2.22. The largest absolute Gasteiger partial charge is 0.513 e. The van der Waals surface area contributed by atoms with E-state index in [1.807, 2.05) is 24.3 Å². The summed E-state index contributed by atoms with van der Waals surface area (Å²) in [7, 11) is 0. The molecule has 0 aliphatic heterocycles. The molecule has 0 bridgehead atoms. The van der Waals surface area contributed by atoms with Crippen LogP contribution in [0, 0.1) is 5.92 Å². The predicted octanol–water partition coefficient (Wildman–Crippen LogP) is 7.16. The minimum Gasteiger partial charge on any atom is -0.434 e. The van der Waals surface area contributed by atoms with Crippen LogP contribution in [0.2, 0.25) is 0 Å². The molecule has 0 amide bonds. The highest BCUT2D eigenvalue weighted by Gasteiger charge is 2.15. The van der Waals surface area contributed by atoms with E-state index in [-0.39, 0.29) is 0 Å². The molecule has 0 radical (unpaired) electrons. The SMILES string of the molecule is CCCCCCC1CC=C(c2ccc(OC(=O)OCCCC)cc2)CC1. The Hall–Kier alpha value is -1.77. The Morgan fingerprint density at radius 1 is 1.04 bits per heavy atom. The van der Waals surface area contributed by atoms with E-state index in [2.05, 4.69) is 19.9 Å². The fraction of sp³-hybridized carbons (Fsp3) is 0.609. The van der Waals surface area contributed by atoms with Crippen LogP contribution >= 0.6 is 0 Å². The van der Waals surface area contributed by atoms with Crippen molar-refractivity contribution in [3.8, 4) is 5.75 Å². The maximum Gasteiger partial charge on any atom is 0.513 e. The van der Waals surface area contributed by atoms with Crippen LogP contribution in [0.3, 0.4) is 0 Å². The van der Waals surface area contributed by atoms with Crippen molar-refractivity contribution in [3.05, 3.63) is 35.9 Å². The van der Waals surface area contributed by atoms with Crippen LogP contribution in [0.5, 0.6) is 5.75 Å². The van der Waals surface area contributed by atoms with Crippen LogP contribution in [0.4, 0.5) is 4.79 Å². The third kappa shape index (κ3) is 7.23. The number of carbonyl (C=O) groups is 1. The van der Waals surface area contributed by atoms with Crippen LogP contribution in [-0.2, 0) is 4.74 Å². The summed E-state index contributed by atoms with van der Waals surface area (Å²) < 4.78 is 10.2. The first-order valence-electron chi connectivity index (χ1n) is 10.4. The highest BCUT2D eigenvalue weighted by molar-refractivity contribution is 5.68. The minimum absolute atomic E-state index is 0.417. The molecule has 1 unspecified atom stereocenters. The van der Waals surface area contributed by atoms with Crippen molar-refractivity contribution in [1.29, 1.82) is 0 Å². The topological polar surface area (TPSA) is 35.5 Å². The third-order valence-electron chi connectivity index (χ3n) is 5.13. The summed E-state index contributed by atoms with van der Waals surface area (Å²) in [5.74, 6) is 1.40. The molecule has 1 aromatic carbocycles. The zero-order chi connectivity index (χ0) is 18.6. The maximum atomic E-state index is 11.6. The van der Waals surface area contributed by atoms with Crippen LogP contribution in [0.25, 0.3) is 5.57 Å². The zero-order valence-corrected chi connectivity index (χ0v) is 16.5. The van der Waals surface area contributed by atoms with Gasteiger partial charge >= 0.3 is 6.16 Å². The van der Waals surface area contributed by atoms with Gasteiger partial charge in [-0.1, -0.05) is 70.6 Å². The molecule has 0 saturated carbocycles. The van der Waals surface area contributed by atoms with E-state index in [1.54, 1.807) is 0 Å². The van der Waals surface area contributed by atoms with Crippen molar-refractivity contribution in [1.82, 2.24) is 0 Å². The molecule has 0 N–H and O–H groups in total. The van der Waals surface area contributed by atoms with Gasteiger partial charge in [-0.2, -0.15) is 0 Å². The number of allylic oxidation sites excluding steroid dienone is 2. The van der Waals surface area contributed by atoms with Crippen molar-refractivity contribution in [2.75, 3.05) is 6.61 Å². The number of rotatable bonds is 10. The third-order valence-corrected chi connectivity index (χ3v) is 5.13. The van der Waals surface area contributed by atoms with Gasteiger partial charge in [0.2, 0.25) is 0 Å². The summed E-state index contributed by atoms with van der Waals surface area (Å²) >= 11 is 0. The van der Waals surface area contributed by atoms with Gasteiger partial charge in [0.15, 0.2) is 0 Å². The Balaban J connectivity index is 1.77. The number of hydrogen-bond acceptors (Lipinski definition) is 3. The molecule has 2 rings (SSSR count). The first-order chi connectivity index (χ1) is 12.7. The number of benzene rings is 1. The zero-order valence-electron chi connectivity index (χ0n) is 16.5. The number of unbranched alkanes of at least 4 members (excludes halogenated alkanes) is 4. The Labute approximate surface area is 158 Å². The van der Waals surface area contributed by atoms with Crippen molar-refractivity contribution in [2.45, 2.75) is 78.1 Å². The van der Waals surface area contributed by atoms with Gasteiger partial charge in [0.25, 0.3) is 0 Å². The molecular formula is C23H34O3. The molecule has 3 heteroatoms. The second-order valence-corrected chi connectivity index (χ2v) is 7.30. The lowest BCUT2D eigenvalue weighted by atomic mass is 9.84. The lowest BCUT2D eigenvalue weighted by Crippen LogP contribution is -2.11. The van der Waals surface area contributed by atoms with Crippen LogP contribution in [0.1, 0.15) is 83.6 Å². The van der Waals surface area contributed by atoms with Gasteiger partial charge in [-0.25, -0.2) is 4.79 Å². The molecule has 144 valence electrons. The molecule has 1 aliphatic rings. The van der Waals surface area contributed by atoms with Gasteiger partial charge in [-0.05, 0) is 54.9 Å². The Morgan fingerprint density at radius 3 is 2.46 bits per heavy atom. The molecule has 0 aromatic heterocycles. The predicted molar refractivity (Wildman–Crippen MR) is 107 cm³/mol. The molecule has 0 spiro atoms. The first kappa shape index (κ1) is 20.5. The van der Waals surface area contributed by atoms with E-state index < -0.39 is 6.16 Å².